The molecule has 154 valence electrons. The number of aromatic nitrogens is 3. The summed E-state index contributed by atoms with van der Waals surface area (Å²) in [7, 11) is -3.95. The summed E-state index contributed by atoms with van der Waals surface area (Å²) >= 11 is 5.76. The number of benzene rings is 2. The molecule has 0 fully saturated rings. The Morgan fingerprint density at radius 1 is 1.03 bits per heavy atom. The lowest BCUT2D eigenvalue weighted by atomic mass is 10.1. The van der Waals surface area contributed by atoms with E-state index in [2.05, 4.69) is 19.7 Å². The molecule has 2 N–H and O–H groups in total. The van der Waals surface area contributed by atoms with Gasteiger partial charge in [-0.25, -0.2) is 31.6 Å². The van der Waals surface area contributed by atoms with Crippen LogP contribution in [0.1, 0.15) is 12.1 Å². The van der Waals surface area contributed by atoms with Crippen molar-refractivity contribution in [3.8, 4) is 11.3 Å². The van der Waals surface area contributed by atoms with Crippen LogP contribution in [0.25, 0.3) is 22.3 Å². The van der Waals surface area contributed by atoms with Crippen molar-refractivity contribution in [2.75, 3.05) is 4.72 Å². The largest absolute Gasteiger partial charge is 0.338 e. The molecule has 0 saturated carbocycles. The zero-order chi connectivity index (χ0) is 21.5. The van der Waals surface area contributed by atoms with Gasteiger partial charge in [0, 0.05) is 16.0 Å². The minimum atomic E-state index is -3.95. The summed E-state index contributed by atoms with van der Waals surface area (Å²) in [4.78, 5) is 10.3. The molecule has 0 unspecified atom stereocenters. The fraction of sp³-hybridized carbons (Fsp3) is 0.0526. The molecule has 30 heavy (non-hydrogen) atoms. The van der Waals surface area contributed by atoms with Crippen molar-refractivity contribution in [1.29, 1.82) is 0 Å². The molecule has 6 nitrogen and oxygen atoms in total. The van der Waals surface area contributed by atoms with Gasteiger partial charge in [0.25, 0.3) is 16.4 Å². The van der Waals surface area contributed by atoms with Crippen LogP contribution in [0.4, 0.5) is 18.9 Å². The lowest BCUT2D eigenvalue weighted by Crippen LogP contribution is -2.13. The van der Waals surface area contributed by atoms with E-state index in [1.165, 1.54) is 36.4 Å². The molecule has 0 bridgehead atoms. The van der Waals surface area contributed by atoms with Crippen LogP contribution >= 0.6 is 11.6 Å². The first-order valence-corrected chi connectivity index (χ1v) is 10.3. The number of nitrogens with one attached hydrogen (secondary N) is 2. The molecular formula is C19H12ClF3N4O2S. The first-order chi connectivity index (χ1) is 14.2. The summed E-state index contributed by atoms with van der Waals surface area (Å²) in [5.41, 5.74) is -0.120. The van der Waals surface area contributed by atoms with Crippen LogP contribution in [-0.4, -0.2) is 23.4 Å². The van der Waals surface area contributed by atoms with Crippen LogP contribution in [0.5, 0.6) is 0 Å². The minimum absolute atomic E-state index is 0.0108. The van der Waals surface area contributed by atoms with Crippen molar-refractivity contribution in [3.63, 3.8) is 0 Å². The average Bonchev–Trinajstić information content (AvgIpc) is 3.13. The van der Waals surface area contributed by atoms with E-state index < -0.39 is 22.3 Å². The Kier molecular flexibility index (Phi) is 5.12. The third-order valence-corrected chi connectivity index (χ3v) is 5.93. The van der Waals surface area contributed by atoms with Gasteiger partial charge >= 0.3 is 0 Å². The van der Waals surface area contributed by atoms with Crippen molar-refractivity contribution >= 4 is 38.3 Å². The number of fused-ring (bicyclic) bond motifs is 1. The second-order valence-electron chi connectivity index (χ2n) is 6.26. The molecular weight excluding hydrogens is 441 g/mol. The summed E-state index contributed by atoms with van der Waals surface area (Å²) in [6.45, 7) is 0. The van der Waals surface area contributed by atoms with Crippen LogP contribution in [0, 0.1) is 5.82 Å². The molecule has 0 aliphatic heterocycles. The van der Waals surface area contributed by atoms with Crippen molar-refractivity contribution in [2.24, 2.45) is 0 Å². The Hall–Kier alpha value is -3.11. The maximum Gasteiger partial charge on any atom is 0.278 e. The predicted molar refractivity (Wildman–Crippen MR) is 107 cm³/mol. The predicted octanol–water partition coefficient (Wildman–Crippen LogP) is 5.16. The zero-order valence-electron chi connectivity index (χ0n) is 14.9. The zero-order valence-corrected chi connectivity index (χ0v) is 16.5. The van der Waals surface area contributed by atoms with Crippen LogP contribution in [0.3, 0.4) is 0 Å². The number of nitrogens with zero attached hydrogens (tertiary/aromatic N) is 2. The van der Waals surface area contributed by atoms with Gasteiger partial charge < -0.3 is 4.98 Å². The number of alkyl halides is 2. The van der Waals surface area contributed by atoms with Crippen molar-refractivity contribution < 1.29 is 21.6 Å². The normalized spacial score (nSPS) is 11.9. The van der Waals surface area contributed by atoms with E-state index in [4.69, 9.17) is 11.6 Å². The highest BCUT2D eigenvalue weighted by molar-refractivity contribution is 7.92. The van der Waals surface area contributed by atoms with Crippen LogP contribution < -0.4 is 4.72 Å². The number of sulfonamides is 1. The topological polar surface area (TPSA) is 87.7 Å². The van der Waals surface area contributed by atoms with Gasteiger partial charge in [-0.05, 0) is 48.5 Å². The molecule has 0 amide bonds. The summed E-state index contributed by atoms with van der Waals surface area (Å²) < 4.78 is 67.9. The molecule has 4 rings (SSSR count). The number of hydrogen-bond acceptors (Lipinski definition) is 4. The molecule has 2 aromatic carbocycles. The van der Waals surface area contributed by atoms with Crippen LogP contribution in [0.15, 0.2) is 59.8 Å². The molecule has 0 saturated heterocycles. The Bertz CT molecular complexity index is 1340. The molecule has 0 aliphatic rings. The lowest BCUT2D eigenvalue weighted by molar-refractivity contribution is 0.147. The first-order valence-electron chi connectivity index (χ1n) is 8.45. The fourth-order valence-electron chi connectivity index (χ4n) is 2.89. The van der Waals surface area contributed by atoms with Gasteiger partial charge in [0.2, 0.25) is 0 Å². The summed E-state index contributed by atoms with van der Waals surface area (Å²) in [6, 6.07) is 10.3. The van der Waals surface area contributed by atoms with Gasteiger partial charge in [0.05, 0.1) is 22.0 Å². The fourth-order valence-corrected chi connectivity index (χ4v) is 4.07. The number of halogens is 4. The third kappa shape index (κ3) is 3.83. The molecule has 4 aromatic rings. The molecule has 0 aliphatic carbocycles. The molecule has 2 heterocycles. The Morgan fingerprint density at radius 2 is 1.77 bits per heavy atom. The Morgan fingerprint density at radius 3 is 2.43 bits per heavy atom. The smallest absolute Gasteiger partial charge is 0.278 e. The number of anilines is 1. The number of H-pyrrole nitrogens is 1. The molecule has 0 radical (unpaired) electrons. The van der Waals surface area contributed by atoms with E-state index in [1.807, 2.05) is 0 Å². The Balaban J connectivity index is 1.69. The molecule has 11 heteroatoms. The van der Waals surface area contributed by atoms with E-state index in [9.17, 15) is 21.6 Å². The van der Waals surface area contributed by atoms with E-state index in [0.717, 1.165) is 18.5 Å². The standard InChI is InChI=1S/C19H12ClF3N4O2S/c20-10-1-4-12(5-2-10)30(28,29)27-11-3-6-13(15(21)7-11)17-14-8-16(18(22)23)26-19(14)25-9-24-17/h1-9,18,27H,(H,24,25,26). The van der Waals surface area contributed by atoms with Gasteiger partial charge in [-0.3, -0.25) is 4.72 Å². The van der Waals surface area contributed by atoms with E-state index in [0.29, 0.717) is 5.02 Å². The van der Waals surface area contributed by atoms with Gasteiger partial charge in [-0.1, -0.05) is 11.6 Å². The maximum absolute atomic E-state index is 14.8. The van der Waals surface area contributed by atoms with Crippen LogP contribution in [0.2, 0.25) is 5.02 Å². The van der Waals surface area contributed by atoms with Gasteiger partial charge in [-0.15, -0.1) is 0 Å². The second-order valence-corrected chi connectivity index (χ2v) is 8.38. The lowest BCUT2D eigenvalue weighted by Gasteiger charge is -2.10. The SMILES string of the molecule is O=S(=O)(Nc1ccc(-c2ncnc3[nH]c(C(F)F)cc23)c(F)c1)c1ccc(Cl)cc1. The van der Waals surface area contributed by atoms with Gasteiger partial charge in [0.15, 0.2) is 0 Å². The molecule has 2 aromatic heterocycles. The average molecular weight is 453 g/mol. The van der Waals surface area contributed by atoms with Crippen molar-refractivity contribution in [3.05, 3.63) is 71.4 Å². The van der Waals surface area contributed by atoms with E-state index in [1.54, 1.807) is 0 Å². The minimum Gasteiger partial charge on any atom is -0.338 e. The highest BCUT2D eigenvalue weighted by Crippen LogP contribution is 2.32. The van der Waals surface area contributed by atoms with Crippen molar-refractivity contribution in [1.82, 2.24) is 15.0 Å². The second kappa shape index (κ2) is 7.62. The summed E-state index contributed by atoms with van der Waals surface area (Å²) in [5.74, 6) is -0.786. The van der Waals surface area contributed by atoms with Gasteiger partial charge in [-0.2, -0.15) is 0 Å². The first kappa shape index (κ1) is 20.2. The Labute approximate surface area is 173 Å². The number of hydrogen-bond donors (Lipinski definition) is 2. The quantitative estimate of drug-likeness (QED) is 0.438. The molecule has 0 spiro atoms. The summed E-state index contributed by atoms with van der Waals surface area (Å²) in [6.07, 6.45) is -1.62. The monoisotopic (exact) mass is 452 g/mol. The highest BCUT2D eigenvalue weighted by Gasteiger charge is 2.19. The van der Waals surface area contributed by atoms with Crippen LogP contribution in [-0.2, 0) is 10.0 Å². The van der Waals surface area contributed by atoms with Gasteiger partial charge in [0.1, 0.15) is 17.8 Å². The maximum atomic E-state index is 14.8. The summed E-state index contributed by atoms with van der Waals surface area (Å²) in [5, 5.41) is 0.599. The number of aromatic amines is 1. The molecule has 0 atom stereocenters. The van der Waals surface area contributed by atoms with E-state index in [-0.39, 0.29) is 38.6 Å². The van der Waals surface area contributed by atoms with E-state index >= 15 is 0 Å². The van der Waals surface area contributed by atoms with Crippen molar-refractivity contribution in [2.45, 2.75) is 11.3 Å². The number of rotatable bonds is 5. The third-order valence-electron chi connectivity index (χ3n) is 4.28. The highest BCUT2D eigenvalue weighted by atomic mass is 35.5.